The molecule has 0 radical (unpaired) electrons. The smallest absolute Gasteiger partial charge is 0.308 e. The van der Waals surface area contributed by atoms with E-state index in [0.717, 1.165) is 13.0 Å². The predicted octanol–water partition coefficient (Wildman–Crippen LogP) is -0.711. The standard InChI is InChI=1S/C7H13NO3/c9-4-5-1-2-8-3-6(5)7(10)11/h5-6,8-9H,1-4H2,(H,10,11)/t5-,6-/m1/s1. The second-order valence-electron chi connectivity index (χ2n) is 2.88. The molecule has 0 amide bonds. The maximum absolute atomic E-state index is 10.6. The highest BCUT2D eigenvalue weighted by Crippen LogP contribution is 2.18. The predicted molar refractivity (Wildman–Crippen MR) is 39.2 cm³/mol. The zero-order valence-corrected chi connectivity index (χ0v) is 6.29. The molecule has 3 N–H and O–H groups in total. The second kappa shape index (κ2) is 3.69. The van der Waals surface area contributed by atoms with E-state index >= 15 is 0 Å². The van der Waals surface area contributed by atoms with Crippen molar-refractivity contribution < 1.29 is 15.0 Å². The van der Waals surface area contributed by atoms with Crippen LogP contribution in [0, 0.1) is 11.8 Å². The molecule has 1 saturated heterocycles. The van der Waals surface area contributed by atoms with Gasteiger partial charge in [0.15, 0.2) is 0 Å². The third-order valence-electron chi connectivity index (χ3n) is 2.18. The van der Waals surface area contributed by atoms with E-state index in [1.54, 1.807) is 0 Å². The first-order valence-electron chi connectivity index (χ1n) is 3.80. The summed E-state index contributed by atoms with van der Waals surface area (Å²) in [4.78, 5) is 10.6. The fourth-order valence-electron chi connectivity index (χ4n) is 1.42. The molecule has 2 atom stereocenters. The minimum atomic E-state index is -0.809. The summed E-state index contributed by atoms with van der Waals surface area (Å²) in [6, 6.07) is 0. The van der Waals surface area contributed by atoms with Crippen LogP contribution in [0.4, 0.5) is 0 Å². The fraction of sp³-hybridized carbons (Fsp3) is 0.857. The van der Waals surface area contributed by atoms with E-state index in [9.17, 15) is 4.79 Å². The molecule has 0 unspecified atom stereocenters. The van der Waals surface area contributed by atoms with Crippen molar-refractivity contribution in [1.29, 1.82) is 0 Å². The number of carbonyl (C=O) groups is 1. The molecule has 0 aromatic heterocycles. The van der Waals surface area contributed by atoms with Crippen molar-refractivity contribution in [3.05, 3.63) is 0 Å². The minimum absolute atomic E-state index is 0.0152. The maximum atomic E-state index is 10.6. The van der Waals surface area contributed by atoms with Crippen LogP contribution < -0.4 is 5.32 Å². The molecular formula is C7H13NO3. The summed E-state index contributed by atoms with van der Waals surface area (Å²) >= 11 is 0. The van der Waals surface area contributed by atoms with Gasteiger partial charge in [0.1, 0.15) is 0 Å². The van der Waals surface area contributed by atoms with Crippen LogP contribution in [0.1, 0.15) is 6.42 Å². The summed E-state index contributed by atoms with van der Waals surface area (Å²) in [5.74, 6) is -1.28. The van der Waals surface area contributed by atoms with E-state index in [1.807, 2.05) is 0 Å². The monoisotopic (exact) mass is 159 g/mol. The molecule has 0 aromatic carbocycles. The van der Waals surface area contributed by atoms with Crippen molar-refractivity contribution >= 4 is 5.97 Å². The van der Waals surface area contributed by atoms with Crippen LogP contribution in [0.5, 0.6) is 0 Å². The molecule has 11 heavy (non-hydrogen) atoms. The molecule has 0 bridgehead atoms. The van der Waals surface area contributed by atoms with E-state index in [0.29, 0.717) is 6.54 Å². The van der Waals surface area contributed by atoms with Crippen LogP contribution in [0.15, 0.2) is 0 Å². The Hall–Kier alpha value is -0.610. The molecule has 0 saturated carbocycles. The van der Waals surface area contributed by atoms with Crippen molar-refractivity contribution in [1.82, 2.24) is 5.32 Å². The molecule has 64 valence electrons. The maximum Gasteiger partial charge on any atom is 0.308 e. The van der Waals surface area contributed by atoms with Crippen LogP contribution in [-0.4, -0.2) is 35.9 Å². The highest BCUT2D eigenvalue weighted by molar-refractivity contribution is 5.70. The molecule has 0 aromatic rings. The Kier molecular flexibility index (Phi) is 2.84. The number of nitrogens with one attached hydrogen (secondary N) is 1. The van der Waals surface area contributed by atoms with E-state index in [4.69, 9.17) is 10.2 Å². The lowest BCUT2D eigenvalue weighted by Crippen LogP contribution is -2.42. The first-order chi connectivity index (χ1) is 5.25. The molecule has 4 nitrogen and oxygen atoms in total. The Balaban J connectivity index is 2.51. The van der Waals surface area contributed by atoms with Gasteiger partial charge in [0.05, 0.1) is 5.92 Å². The van der Waals surface area contributed by atoms with Crippen LogP contribution in [-0.2, 0) is 4.79 Å². The van der Waals surface area contributed by atoms with E-state index in [1.165, 1.54) is 0 Å². The van der Waals surface area contributed by atoms with E-state index in [2.05, 4.69) is 5.32 Å². The molecule has 4 heteroatoms. The van der Waals surface area contributed by atoms with Gasteiger partial charge >= 0.3 is 5.97 Å². The zero-order valence-electron chi connectivity index (χ0n) is 6.29. The largest absolute Gasteiger partial charge is 0.481 e. The quantitative estimate of drug-likeness (QED) is 0.498. The highest BCUT2D eigenvalue weighted by Gasteiger charge is 2.29. The summed E-state index contributed by atoms with van der Waals surface area (Å²) in [5.41, 5.74) is 0. The molecule has 1 aliphatic heterocycles. The zero-order chi connectivity index (χ0) is 8.27. The Bertz CT molecular complexity index is 149. The van der Waals surface area contributed by atoms with Crippen molar-refractivity contribution in [2.45, 2.75) is 6.42 Å². The van der Waals surface area contributed by atoms with Gasteiger partial charge in [0.2, 0.25) is 0 Å². The summed E-state index contributed by atoms with van der Waals surface area (Å²) in [6.45, 7) is 1.29. The molecule has 0 aliphatic carbocycles. The van der Waals surface area contributed by atoms with Crippen molar-refractivity contribution in [2.75, 3.05) is 19.7 Å². The summed E-state index contributed by atoms with van der Waals surface area (Å²) in [5, 5.41) is 20.5. The summed E-state index contributed by atoms with van der Waals surface area (Å²) < 4.78 is 0. The molecule has 1 aliphatic rings. The summed E-state index contributed by atoms with van der Waals surface area (Å²) in [7, 11) is 0. The fourth-order valence-corrected chi connectivity index (χ4v) is 1.42. The summed E-state index contributed by atoms with van der Waals surface area (Å²) in [6.07, 6.45) is 0.757. The average molecular weight is 159 g/mol. The number of piperidine rings is 1. The van der Waals surface area contributed by atoms with Gasteiger partial charge in [-0.2, -0.15) is 0 Å². The molecule has 1 rings (SSSR count). The Labute approximate surface area is 65.2 Å². The topological polar surface area (TPSA) is 69.6 Å². The van der Waals surface area contributed by atoms with Gasteiger partial charge in [-0.3, -0.25) is 4.79 Å². The first kappa shape index (κ1) is 8.49. The number of hydrogen-bond acceptors (Lipinski definition) is 3. The Morgan fingerprint density at radius 3 is 2.82 bits per heavy atom. The van der Waals surface area contributed by atoms with Crippen LogP contribution in [0.2, 0.25) is 0 Å². The lowest BCUT2D eigenvalue weighted by molar-refractivity contribution is -0.144. The number of aliphatic carboxylic acids is 1. The Morgan fingerprint density at radius 2 is 2.36 bits per heavy atom. The lowest BCUT2D eigenvalue weighted by Gasteiger charge is -2.27. The second-order valence-corrected chi connectivity index (χ2v) is 2.88. The number of aliphatic hydroxyl groups excluding tert-OH is 1. The average Bonchev–Trinajstić information content (AvgIpc) is 2.04. The molecule has 1 heterocycles. The van der Waals surface area contributed by atoms with E-state index < -0.39 is 11.9 Å². The van der Waals surface area contributed by atoms with E-state index in [-0.39, 0.29) is 12.5 Å². The minimum Gasteiger partial charge on any atom is -0.481 e. The van der Waals surface area contributed by atoms with Gasteiger partial charge < -0.3 is 15.5 Å². The van der Waals surface area contributed by atoms with Gasteiger partial charge in [0, 0.05) is 13.2 Å². The number of rotatable bonds is 2. The molecule has 0 spiro atoms. The van der Waals surface area contributed by atoms with Gasteiger partial charge in [-0.05, 0) is 18.9 Å². The van der Waals surface area contributed by atoms with Gasteiger partial charge in [-0.25, -0.2) is 0 Å². The third-order valence-corrected chi connectivity index (χ3v) is 2.18. The highest BCUT2D eigenvalue weighted by atomic mass is 16.4. The van der Waals surface area contributed by atoms with Gasteiger partial charge in [-0.15, -0.1) is 0 Å². The molecule has 1 fully saturated rings. The number of carboxylic acids is 1. The van der Waals surface area contributed by atoms with Crippen LogP contribution in [0.3, 0.4) is 0 Å². The third kappa shape index (κ3) is 1.91. The first-order valence-corrected chi connectivity index (χ1v) is 3.80. The van der Waals surface area contributed by atoms with Crippen molar-refractivity contribution in [3.63, 3.8) is 0 Å². The number of hydrogen-bond donors (Lipinski definition) is 3. The normalized spacial score (nSPS) is 31.7. The Morgan fingerprint density at radius 1 is 1.64 bits per heavy atom. The molecular weight excluding hydrogens is 146 g/mol. The van der Waals surface area contributed by atoms with Crippen LogP contribution in [0.25, 0.3) is 0 Å². The van der Waals surface area contributed by atoms with Crippen molar-refractivity contribution in [3.8, 4) is 0 Å². The van der Waals surface area contributed by atoms with Gasteiger partial charge in [-0.1, -0.05) is 0 Å². The van der Waals surface area contributed by atoms with Crippen LogP contribution >= 0.6 is 0 Å². The lowest BCUT2D eigenvalue weighted by atomic mass is 9.87. The SMILES string of the molecule is O=C(O)[C@@H]1CNCC[C@@H]1CO. The van der Waals surface area contributed by atoms with Crippen molar-refractivity contribution in [2.24, 2.45) is 11.8 Å². The number of carboxylic acid groups (broad SMARTS) is 1. The number of aliphatic hydroxyl groups is 1. The van der Waals surface area contributed by atoms with Gasteiger partial charge in [0.25, 0.3) is 0 Å².